The van der Waals surface area contributed by atoms with Crippen LogP contribution in [0.15, 0.2) is 0 Å². The van der Waals surface area contributed by atoms with Gasteiger partial charge in [0.1, 0.15) is 0 Å². The maximum atomic E-state index is 4.57. The summed E-state index contributed by atoms with van der Waals surface area (Å²) >= 11 is 0. The minimum Gasteiger partial charge on any atom is -0.357 e. The largest absolute Gasteiger partial charge is 0.357 e. The molecule has 0 radical (unpaired) electrons. The Labute approximate surface area is 127 Å². The molecular formula is C15H28N6. The third-order valence-electron chi connectivity index (χ3n) is 4.68. The van der Waals surface area contributed by atoms with Gasteiger partial charge in [-0.05, 0) is 38.5 Å². The molecule has 1 aromatic heterocycles. The highest BCUT2D eigenvalue weighted by Gasteiger charge is 2.34. The molecule has 0 amide bonds. The van der Waals surface area contributed by atoms with Crippen LogP contribution in [0.2, 0.25) is 0 Å². The Morgan fingerprint density at radius 2 is 1.71 bits per heavy atom. The fourth-order valence-corrected chi connectivity index (χ4v) is 2.80. The Kier molecular flexibility index (Phi) is 5.20. The second kappa shape index (κ2) is 6.91. The van der Waals surface area contributed by atoms with Gasteiger partial charge < -0.3 is 15.5 Å². The Hall–Kier alpha value is -1.59. The van der Waals surface area contributed by atoms with Crippen molar-refractivity contribution in [2.75, 3.05) is 42.2 Å². The zero-order valence-corrected chi connectivity index (χ0v) is 13.7. The fraction of sp³-hybridized carbons (Fsp3) is 0.800. The van der Waals surface area contributed by atoms with Crippen molar-refractivity contribution in [1.29, 1.82) is 0 Å². The summed E-state index contributed by atoms with van der Waals surface area (Å²) in [6.07, 6.45) is 5.18. The van der Waals surface area contributed by atoms with E-state index < -0.39 is 0 Å². The molecule has 0 bridgehead atoms. The average Bonchev–Trinajstić information content (AvgIpc) is 2.47. The molecule has 6 nitrogen and oxygen atoms in total. The van der Waals surface area contributed by atoms with E-state index in [2.05, 4.69) is 51.3 Å². The van der Waals surface area contributed by atoms with Crippen molar-refractivity contribution in [3.8, 4) is 0 Å². The minimum absolute atomic E-state index is 0.446. The third kappa shape index (κ3) is 3.54. The number of nitrogens with one attached hydrogen (secondary N) is 2. The van der Waals surface area contributed by atoms with Gasteiger partial charge in [0.15, 0.2) is 0 Å². The van der Waals surface area contributed by atoms with Gasteiger partial charge in [0.05, 0.1) is 0 Å². The van der Waals surface area contributed by atoms with E-state index in [9.17, 15) is 0 Å². The van der Waals surface area contributed by atoms with E-state index in [1.54, 1.807) is 0 Å². The van der Waals surface area contributed by atoms with Crippen LogP contribution in [-0.2, 0) is 0 Å². The molecule has 1 heterocycles. The van der Waals surface area contributed by atoms with Crippen molar-refractivity contribution < 1.29 is 0 Å². The van der Waals surface area contributed by atoms with Gasteiger partial charge in [-0.25, -0.2) is 0 Å². The van der Waals surface area contributed by atoms with Crippen LogP contribution >= 0.6 is 0 Å². The first kappa shape index (κ1) is 15.8. The maximum Gasteiger partial charge on any atom is 0.231 e. The molecule has 6 heteroatoms. The molecule has 0 spiro atoms. The standard InChI is InChI=1S/C15H28N6/c1-5-15(9-8-10-15)11-17-13-18-12(16-4)19-14(20-13)21(6-2)7-3/h5-11H2,1-4H3,(H2,16,17,18,19,20). The summed E-state index contributed by atoms with van der Waals surface area (Å²) < 4.78 is 0. The summed E-state index contributed by atoms with van der Waals surface area (Å²) in [5.74, 6) is 2.03. The fourth-order valence-electron chi connectivity index (χ4n) is 2.80. The second-order valence-corrected chi connectivity index (χ2v) is 5.77. The Balaban J connectivity index is 2.12. The van der Waals surface area contributed by atoms with Gasteiger partial charge in [0.2, 0.25) is 17.8 Å². The highest BCUT2D eigenvalue weighted by atomic mass is 15.3. The highest BCUT2D eigenvalue weighted by Crippen LogP contribution is 2.43. The van der Waals surface area contributed by atoms with E-state index in [0.717, 1.165) is 25.6 Å². The van der Waals surface area contributed by atoms with E-state index in [4.69, 9.17) is 0 Å². The molecule has 0 atom stereocenters. The maximum absolute atomic E-state index is 4.57. The van der Waals surface area contributed by atoms with Crippen LogP contribution < -0.4 is 15.5 Å². The van der Waals surface area contributed by atoms with Crippen molar-refractivity contribution in [1.82, 2.24) is 15.0 Å². The molecule has 118 valence electrons. The lowest BCUT2D eigenvalue weighted by atomic mass is 9.67. The molecule has 1 aliphatic rings. The van der Waals surface area contributed by atoms with Gasteiger partial charge in [0.25, 0.3) is 0 Å². The van der Waals surface area contributed by atoms with Crippen molar-refractivity contribution in [3.05, 3.63) is 0 Å². The van der Waals surface area contributed by atoms with E-state index in [1.165, 1.54) is 25.7 Å². The van der Waals surface area contributed by atoms with Crippen molar-refractivity contribution in [2.45, 2.75) is 46.5 Å². The summed E-state index contributed by atoms with van der Waals surface area (Å²) in [4.78, 5) is 15.6. The van der Waals surface area contributed by atoms with Crippen LogP contribution in [0.3, 0.4) is 0 Å². The molecule has 2 rings (SSSR count). The lowest BCUT2D eigenvalue weighted by Crippen LogP contribution is -2.36. The van der Waals surface area contributed by atoms with Crippen LogP contribution in [0, 0.1) is 5.41 Å². The second-order valence-electron chi connectivity index (χ2n) is 5.77. The molecule has 0 aliphatic heterocycles. The summed E-state index contributed by atoms with van der Waals surface area (Å²) in [6.45, 7) is 9.23. The molecule has 2 N–H and O–H groups in total. The minimum atomic E-state index is 0.446. The van der Waals surface area contributed by atoms with Gasteiger partial charge >= 0.3 is 0 Å². The number of aromatic nitrogens is 3. The van der Waals surface area contributed by atoms with Crippen LogP contribution in [0.25, 0.3) is 0 Å². The molecule has 0 aromatic carbocycles. The van der Waals surface area contributed by atoms with Gasteiger partial charge in [-0.2, -0.15) is 15.0 Å². The first-order valence-corrected chi connectivity index (χ1v) is 8.09. The first-order valence-electron chi connectivity index (χ1n) is 8.09. The monoisotopic (exact) mass is 292 g/mol. The van der Waals surface area contributed by atoms with Gasteiger partial charge in [-0.1, -0.05) is 13.3 Å². The zero-order valence-electron chi connectivity index (χ0n) is 13.7. The normalized spacial score (nSPS) is 16.2. The predicted octanol–water partition coefficient (Wildman–Crippen LogP) is 2.75. The molecule has 1 aromatic rings. The quantitative estimate of drug-likeness (QED) is 0.768. The third-order valence-corrected chi connectivity index (χ3v) is 4.68. The van der Waals surface area contributed by atoms with Crippen LogP contribution in [0.5, 0.6) is 0 Å². The van der Waals surface area contributed by atoms with Gasteiger partial charge in [-0.3, -0.25) is 0 Å². The predicted molar refractivity (Wildman–Crippen MR) is 88.0 cm³/mol. The number of hydrogen-bond acceptors (Lipinski definition) is 6. The number of rotatable bonds is 8. The molecule has 21 heavy (non-hydrogen) atoms. The molecule has 1 aliphatic carbocycles. The summed E-state index contributed by atoms with van der Waals surface area (Å²) in [7, 11) is 1.84. The highest BCUT2D eigenvalue weighted by molar-refractivity contribution is 5.43. The summed E-state index contributed by atoms with van der Waals surface area (Å²) in [5.41, 5.74) is 0.446. The Bertz CT molecular complexity index is 448. The molecular weight excluding hydrogens is 264 g/mol. The zero-order chi connectivity index (χ0) is 15.3. The lowest BCUT2D eigenvalue weighted by Gasteiger charge is -2.41. The van der Waals surface area contributed by atoms with E-state index in [-0.39, 0.29) is 0 Å². The Morgan fingerprint density at radius 3 is 2.19 bits per heavy atom. The van der Waals surface area contributed by atoms with Crippen molar-refractivity contribution >= 4 is 17.8 Å². The average molecular weight is 292 g/mol. The molecule has 0 unspecified atom stereocenters. The number of hydrogen-bond donors (Lipinski definition) is 2. The Morgan fingerprint density at radius 1 is 1.05 bits per heavy atom. The smallest absolute Gasteiger partial charge is 0.231 e. The van der Waals surface area contributed by atoms with Gasteiger partial charge in [-0.15, -0.1) is 0 Å². The molecule has 0 saturated heterocycles. The van der Waals surface area contributed by atoms with Gasteiger partial charge in [0, 0.05) is 26.7 Å². The first-order chi connectivity index (χ1) is 10.2. The topological polar surface area (TPSA) is 66.0 Å². The van der Waals surface area contributed by atoms with Crippen LogP contribution in [0.4, 0.5) is 17.8 Å². The molecule has 1 saturated carbocycles. The molecule has 1 fully saturated rings. The van der Waals surface area contributed by atoms with Crippen molar-refractivity contribution in [2.24, 2.45) is 5.41 Å². The SMILES string of the molecule is CCN(CC)c1nc(NC)nc(NCC2(CC)CCC2)n1. The number of anilines is 3. The summed E-state index contributed by atoms with van der Waals surface area (Å²) in [5, 5.41) is 6.45. The number of nitrogens with zero attached hydrogens (tertiary/aromatic N) is 4. The van der Waals surface area contributed by atoms with Crippen LogP contribution in [-0.4, -0.2) is 41.6 Å². The van der Waals surface area contributed by atoms with E-state index in [0.29, 0.717) is 17.3 Å². The lowest BCUT2D eigenvalue weighted by molar-refractivity contribution is 0.144. The van der Waals surface area contributed by atoms with E-state index >= 15 is 0 Å². The van der Waals surface area contributed by atoms with E-state index in [1.807, 2.05) is 7.05 Å². The van der Waals surface area contributed by atoms with Crippen molar-refractivity contribution in [3.63, 3.8) is 0 Å². The van der Waals surface area contributed by atoms with Crippen LogP contribution in [0.1, 0.15) is 46.5 Å². The summed E-state index contributed by atoms with van der Waals surface area (Å²) in [6, 6.07) is 0.